The second-order valence-corrected chi connectivity index (χ2v) is 14.3. The van der Waals surface area contributed by atoms with Gasteiger partial charge in [0.05, 0.1) is 17.1 Å². The Kier molecular flexibility index (Phi) is 12.2. The molecular formula is C33H46FNO5S. The molecule has 0 bridgehead atoms. The van der Waals surface area contributed by atoms with E-state index in [0.717, 1.165) is 37.7 Å². The zero-order chi connectivity index (χ0) is 29.1. The number of carbonyl (C=O) groups is 1. The molecule has 1 saturated heterocycles. The molecule has 1 saturated carbocycles. The Balaban J connectivity index is 1.27. The topological polar surface area (TPSA) is 83.9 Å². The molecule has 2 aromatic carbocycles. The van der Waals surface area contributed by atoms with Gasteiger partial charge in [0, 0.05) is 38.4 Å². The Hall–Kier alpha value is -2.29. The normalized spacial score (nSPS) is 20.1. The maximum Gasteiger partial charge on any atom is 0.153 e. The highest BCUT2D eigenvalue weighted by molar-refractivity contribution is 7.92. The molecule has 1 aliphatic carbocycles. The van der Waals surface area contributed by atoms with Gasteiger partial charge < -0.3 is 9.84 Å². The first-order valence-corrected chi connectivity index (χ1v) is 17.1. The summed E-state index contributed by atoms with van der Waals surface area (Å²) in [4.78, 5) is 15.0. The summed E-state index contributed by atoms with van der Waals surface area (Å²) in [7, 11) is -3.05. The fourth-order valence-electron chi connectivity index (χ4n) is 6.12. The first-order valence-electron chi connectivity index (χ1n) is 15.3. The molecule has 2 aromatic rings. The third-order valence-corrected chi connectivity index (χ3v) is 10.9. The van der Waals surface area contributed by atoms with Crippen molar-refractivity contribution in [2.45, 2.75) is 94.8 Å². The molecule has 1 N–H and O–H groups in total. The van der Waals surface area contributed by atoms with Crippen molar-refractivity contribution in [3.05, 3.63) is 65.7 Å². The monoisotopic (exact) mass is 587 g/mol. The number of carbonyl (C=O) groups excluding carboxylic acids is 1. The lowest BCUT2D eigenvalue weighted by atomic mass is 9.89. The molecular weight excluding hydrogens is 541 g/mol. The molecule has 0 unspecified atom stereocenters. The van der Waals surface area contributed by atoms with Crippen LogP contribution in [0.3, 0.4) is 0 Å². The highest BCUT2D eigenvalue weighted by atomic mass is 32.2. The number of aliphatic hydroxyl groups excluding tert-OH is 1. The Labute approximate surface area is 245 Å². The molecule has 226 valence electrons. The number of nitrogens with zero attached hydrogens (tertiary/aromatic N) is 1. The van der Waals surface area contributed by atoms with E-state index in [2.05, 4.69) is 0 Å². The van der Waals surface area contributed by atoms with E-state index in [1.54, 1.807) is 0 Å². The van der Waals surface area contributed by atoms with Crippen LogP contribution in [-0.2, 0) is 21.2 Å². The van der Waals surface area contributed by atoms with Gasteiger partial charge in [0.2, 0.25) is 0 Å². The third kappa shape index (κ3) is 10.2. The molecule has 0 aromatic heterocycles. The fraction of sp³-hybridized carbons (Fsp3) is 0.606. The van der Waals surface area contributed by atoms with Gasteiger partial charge in [0.25, 0.3) is 0 Å². The number of halogens is 1. The number of alkyl halides is 1. The molecule has 1 heterocycles. The third-order valence-electron chi connectivity index (χ3n) is 8.56. The average Bonchev–Trinajstić information content (AvgIpc) is 3.40. The highest BCUT2D eigenvalue weighted by Crippen LogP contribution is 2.30. The Morgan fingerprint density at radius 2 is 1.71 bits per heavy atom. The number of ether oxygens (including phenoxy) is 1. The van der Waals surface area contributed by atoms with Crippen LogP contribution in [0.15, 0.2) is 54.6 Å². The number of sulfone groups is 1. The molecule has 4 rings (SSSR count). The molecule has 41 heavy (non-hydrogen) atoms. The first-order chi connectivity index (χ1) is 19.8. The maximum absolute atomic E-state index is 13.9. The Morgan fingerprint density at radius 3 is 2.39 bits per heavy atom. The summed E-state index contributed by atoms with van der Waals surface area (Å²) in [6.45, 7) is 1.87. The van der Waals surface area contributed by atoms with Gasteiger partial charge >= 0.3 is 0 Å². The van der Waals surface area contributed by atoms with Gasteiger partial charge in [-0.05, 0) is 55.4 Å². The van der Waals surface area contributed by atoms with Crippen molar-refractivity contribution in [1.29, 1.82) is 0 Å². The van der Waals surface area contributed by atoms with Crippen LogP contribution in [0.4, 0.5) is 4.39 Å². The number of likely N-dealkylation sites (tertiary alicyclic amines) is 1. The van der Waals surface area contributed by atoms with E-state index in [9.17, 15) is 22.7 Å². The standard InChI is InChI=1S/C33H46FNO5S/c34-29-19-20-35(24-29)23-28(22-30(36)12-6-3-9-21-41(38,39)32-13-7-2-8-14-32)33(37)27-15-17-31(18-16-27)40-25-26-10-4-1-5-11-26/h1,4-5,10-11,15-18,28-29,32-33,37H,2-3,6-9,12-14,19-25H2/t28-,29-,33-/m1/s1. The maximum atomic E-state index is 13.9. The van der Waals surface area contributed by atoms with Gasteiger partial charge in [-0.15, -0.1) is 0 Å². The summed E-state index contributed by atoms with van der Waals surface area (Å²) in [5, 5.41) is 11.1. The quantitative estimate of drug-likeness (QED) is 0.235. The number of aliphatic hydroxyl groups is 1. The molecule has 2 fully saturated rings. The van der Waals surface area contributed by atoms with Gasteiger partial charge in [-0.25, -0.2) is 12.8 Å². The summed E-state index contributed by atoms with van der Waals surface area (Å²) in [6.07, 6.45) is 5.96. The molecule has 1 aliphatic heterocycles. The summed E-state index contributed by atoms with van der Waals surface area (Å²) in [6, 6.07) is 17.2. The van der Waals surface area contributed by atoms with Crippen LogP contribution in [0.1, 0.15) is 87.9 Å². The largest absolute Gasteiger partial charge is 0.489 e. The van der Waals surface area contributed by atoms with E-state index >= 15 is 0 Å². The second-order valence-electron chi connectivity index (χ2n) is 11.9. The lowest BCUT2D eigenvalue weighted by Gasteiger charge is -2.27. The summed E-state index contributed by atoms with van der Waals surface area (Å²) in [5.41, 5.74) is 1.77. The van der Waals surface area contributed by atoms with E-state index in [-0.39, 0.29) is 29.1 Å². The van der Waals surface area contributed by atoms with Crippen LogP contribution in [0.25, 0.3) is 0 Å². The number of unbranched alkanes of at least 4 members (excludes halogenated alkanes) is 2. The zero-order valence-corrected chi connectivity index (χ0v) is 24.9. The van der Waals surface area contributed by atoms with Crippen LogP contribution in [-0.4, -0.2) is 61.0 Å². The SMILES string of the molecule is O=C(CCCCCS(=O)(=O)C1CCCCC1)C[C@H](CN1CC[C@@H](F)C1)[C@H](O)c1ccc(OCc2ccccc2)cc1. The van der Waals surface area contributed by atoms with Crippen LogP contribution in [0.2, 0.25) is 0 Å². The highest BCUT2D eigenvalue weighted by Gasteiger charge is 2.30. The minimum atomic E-state index is -3.05. The first kappa shape index (κ1) is 31.6. The number of Topliss-reactive ketones (excluding diaryl/α,β-unsaturated/α-hetero) is 1. The predicted octanol–water partition coefficient (Wildman–Crippen LogP) is 6.23. The van der Waals surface area contributed by atoms with E-state index in [1.807, 2.05) is 59.5 Å². The number of rotatable bonds is 16. The average molecular weight is 588 g/mol. The van der Waals surface area contributed by atoms with Crippen molar-refractivity contribution in [1.82, 2.24) is 4.90 Å². The molecule has 2 aliphatic rings. The van der Waals surface area contributed by atoms with Gasteiger partial charge in [-0.3, -0.25) is 9.69 Å². The van der Waals surface area contributed by atoms with Crippen molar-refractivity contribution in [3.63, 3.8) is 0 Å². The Bertz CT molecular complexity index is 1170. The van der Waals surface area contributed by atoms with E-state index < -0.39 is 22.1 Å². The zero-order valence-electron chi connectivity index (χ0n) is 24.1. The van der Waals surface area contributed by atoms with Crippen LogP contribution < -0.4 is 4.74 Å². The summed E-state index contributed by atoms with van der Waals surface area (Å²) in [5.74, 6) is 0.610. The molecule has 8 heteroatoms. The van der Waals surface area contributed by atoms with Gasteiger partial charge in [-0.2, -0.15) is 0 Å². The summed E-state index contributed by atoms with van der Waals surface area (Å²) >= 11 is 0. The smallest absolute Gasteiger partial charge is 0.153 e. The summed E-state index contributed by atoms with van der Waals surface area (Å²) < 4.78 is 45.0. The van der Waals surface area contributed by atoms with Crippen LogP contribution in [0.5, 0.6) is 5.75 Å². The van der Waals surface area contributed by atoms with E-state index in [4.69, 9.17) is 4.74 Å². The van der Waals surface area contributed by atoms with Gasteiger partial charge in [-0.1, -0.05) is 68.1 Å². The van der Waals surface area contributed by atoms with Crippen molar-refractivity contribution in [3.8, 4) is 5.75 Å². The van der Waals surface area contributed by atoms with Gasteiger partial charge in [0.1, 0.15) is 24.3 Å². The minimum absolute atomic E-state index is 0.0583. The lowest BCUT2D eigenvalue weighted by Crippen LogP contribution is -2.32. The Morgan fingerprint density at radius 1 is 0.976 bits per heavy atom. The second kappa shape index (κ2) is 15.8. The number of hydrogen-bond donors (Lipinski definition) is 1. The van der Waals surface area contributed by atoms with Gasteiger partial charge in [0.15, 0.2) is 9.84 Å². The fourth-order valence-corrected chi connectivity index (χ4v) is 8.11. The van der Waals surface area contributed by atoms with Crippen molar-refractivity contribution in [2.24, 2.45) is 5.92 Å². The molecule has 0 radical (unpaired) electrons. The number of benzene rings is 2. The van der Waals surface area contributed by atoms with Crippen molar-refractivity contribution < 1.29 is 27.4 Å². The van der Waals surface area contributed by atoms with E-state index in [1.165, 1.54) is 0 Å². The van der Waals surface area contributed by atoms with Crippen molar-refractivity contribution >= 4 is 15.6 Å². The minimum Gasteiger partial charge on any atom is -0.489 e. The van der Waals surface area contributed by atoms with E-state index in [0.29, 0.717) is 69.7 Å². The number of ketones is 1. The molecule has 0 spiro atoms. The van der Waals surface area contributed by atoms with Crippen LogP contribution >= 0.6 is 0 Å². The predicted molar refractivity (Wildman–Crippen MR) is 160 cm³/mol. The molecule has 3 atom stereocenters. The lowest BCUT2D eigenvalue weighted by molar-refractivity contribution is -0.121. The number of hydrogen-bond acceptors (Lipinski definition) is 6. The molecule has 6 nitrogen and oxygen atoms in total. The molecule has 0 amide bonds. The van der Waals surface area contributed by atoms with Crippen molar-refractivity contribution in [2.75, 3.05) is 25.4 Å². The van der Waals surface area contributed by atoms with Crippen LogP contribution in [0, 0.1) is 5.92 Å².